The van der Waals surface area contributed by atoms with Gasteiger partial charge in [0.05, 0.1) is 0 Å². The monoisotopic (exact) mass is 572 g/mol. The maximum Gasteiger partial charge on any atom is 0.408 e. The van der Waals surface area contributed by atoms with Crippen LogP contribution in [0.1, 0.15) is 70.0 Å². The Morgan fingerprint density at radius 1 is 0.976 bits per heavy atom. The van der Waals surface area contributed by atoms with E-state index in [0.29, 0.717) is 24.1 Å². The highest BCUT2D eigenvalue weighted by atomic mass is 16.6. The van der Waals surface area contributed by atoms with Gasteiger partial charge in [0.1, 0.15) is 17.7 Å². The third-order valence-electron chi connectivity index (χ3n) is 7.29. The van der Waals surface area contributed by atoms with Gasteiger partial charge in [0.2, 0.25) is 11.8 Å². The van der Waals surface area contributed by atoms with Gasteiger partial charge in [-0.15, -0.1) is 0 Å². The number of carbonyl (C=O) groups is 4. The quantitative estimate of drug-likeness (QED) is 0.301. The SMILES string of the molecule is Cc1cccc(C(C(=O)Nc2ccc3ccccc3c2)N(C(=O)C(CCC(N)=O)NC(=O)OC(C)(C)C)C2CCC2)c1. The predicted molar refractivity (Wildman–Crippen MR) is 163 cm³/mol. The molecule has 0 bridgehead atoms. The van der Waals surface area contributed by atoms with Crippen molar-refractivity contribution in [3.05, 3.63) is 77.9 Å². The zero-order valence-electron chi connectivity index (χ0n) is 24.7. The number of ether oxygens (including phenoxy) is 1. The normalized spacial score (nSPS) is 14.8. The zero-order chi connectivity index (χ0) is 30.4. The number of nitrogens with two attached hydrogens (primary N) is 1. The number of nitrogens with one attached hydrogen (secondary N) is 2. The van der Waals surface area contributed by atoms with Gasteiger partial charge >= 0.3 is 6.09 Å². The average Bonchev–Trinajstić information content (AvgIpc) is 2.88. The summed E-state index contributed by atoms with van der Waals surface area (Å²) in [4.78, 5) is 54.5. The molecule has 0 aromatic heterocycles. The highest BCUT2D eigenvalue weighted by Crippen LogP contribution is 2.35. The molecular formula is C33H40N4O5. The van der Waals surface area contributed by atoms with E-state index < -0.39 is 35.6 Å². The molecule has 2 unspecified atom stereocenters. The van der Waals surface area contributed by atoms with Crippen LogP contribution in [0.2, 0.25) is 0 Å². The molecule has 0 radical (unpaired) electrons. The van der Waals surface area contributed by atoms with Crippen molar-refractivity contribution in [2.45, 2.75) is 83.5 Å². The fraction of sp³-hybridized carbons (Fsp3) is 0.394. The number of aryl methyl sites for hydroxylation is 1. The van der Waals surface area contributed by atoms with E-state index in [-0.39, 0.29) is 24.8 Å². The molecule has 4 amide bonds. The number of amides is 4. The Balaban J connectivity index is 1.71. The first-order valence-corrected chi connectivity index (χ1v) is 14.4. The fourth-order valence-corrected chi connectivity index (χ4v) is 5.11. The number of rotatable bonds is 10. The van der Waals surface area contributed by atoms with E-state index in [1.54, 1.807) is 25.7 Å². The van der Waals surface area contributed by atoms with E-state index in [1.165, 1.54) is 0 Å². The van der Waals surface area contributed by atoms with E-state index in [1.807, 2.05) is 73.7 Å². The summed E-state index contributed by atoms with van der Waals surface area (Å²) in [6, 6.07) is 18.7. The van der Waals surface area contributed by atoms with Crippen LogP contribution in [0.3, 0.4) is 0 Å². The van der Waals surface area contributed by atoms with Crippen LogP contribution in [0.4, 0.5) is 10.5 Å². The molecule has 4 rings (SSSR count). The second kappa shape index (κ2) is 13.1. The number of fused-ring (bicyclic) bond motifs is 1. The van der Waals surface area contributed by atoms with Crippen LogP contribution in [0.15, 0.2) is 66.7 Å². The number of alkyl carbamates (subject to hydrolysis) is 1. The Kier molecular flexibility index (Phi) is 9.50. The van der Waals surface area contributed by atoms with Crippen molar-refractivity contribution in [3.63, 3.8) is 0 Å². The highest BCUT2D eigenvalue weighted by Gasteiger charge is 2.42. The lowest BCUT2D eigenvalue weighted by Gasteiger charge is -2.43. The number of primary amides is 1. The summed E-state index contributed by atoms with van der Waals surface area (Å²) in [5.74, 6) is -1.44. The van der Waals surface area contributed by atoms with Crippen LogP contribution >= 0.6 is 0 Å². The van der Waals surface area contributed by atoms with Crippen LogP contribution in [0, 0.1) is 6.92 Å². The van der Waals surface area contributed by atoms with E-state index in [0.717, 1.165) is 22.8 Å². The van der Waals surface area contributed by atoms with Gasteiger partial charge in [-0.1, -0.05) is 60.2 Å². The molecule has 3 aromatic carbocycles. The first-order valence-electron chi connectivity index (χ1n) is 14.4. The second-order valence-corrected chi connectivity index (χ2v) is 11.9. The Bertz CT molecular complexity index is 1460. The van der Waals surface area contributed by atoms with Crippen LogP contribution in [-0.2, 0) is 19.1 Å². The largest absolute Gasteiger partial charge is 0.444 e. The third-order valence-corrected chi connectivity index (χ3v) is 7.29. The molecule has 1 fully saturated rings. The Morgan fingerprint density at radius 3 is 2.31 bits per heavy atom. The topological polar surface area (TPSA) is 131 Å². The number of benzene rings is 3. The lowest BCUT2D eigenvalue weighted by molar-refractivity contribution is -0.146. The minimum Gasteiger partial charge on any atom is -0.444 e. The molecule has 0 spiro atoms. The number of carbonyl (C=O) groups excluding carboxylic acids is 4. The molecule has 3 aromatic rings. The number of nitrogens with zero attached hydrogens (tertiary/aromatic N) is 1. The van der Waals surface area contributed by atoms with Crippen molar-refractivity contribution < 1.29 is 23.9 Å². The second-order valence-electron chi connectivity index (χ2n) is 11.9. The molecule has 9 heteroatoms. The summed E-state index contributed by atoms with van der Waals surface area (Å²) in [6.45, 7) is 7.09. The van der Waals surface area contributed by atoms with Crippen molar-refractivity contribution in [3.8, 4) is 0 Å². The van der Waals surface area contributed by atoms with E-state index >= 15 is 0 Å². The van der Waals surface area contributed by atoms with Crippen molar-refractivity contribution >= 4 is 40.3 Å². The number of hydrogen-bond donors (Lipinski definition) is 3. The minimum atomic E-state index is -1.12. The molecule has 222 valence electrons. The van der Waals surface area contributed by atoms with E-state index in [2.05, 4.69) is 10.6 Å². The zero-order valence-corrected chi connectivity index (χ0v) is 24.7. The standard InChI is InChI=1S/C33H40N4O5/c1-21-9-7-12-24(19-21)29(30(39)35-25-16-15-22-10-5-6-11-23(22)20-25)37(26-13-8-14-26)31(40)27(17-18-28(34)38)36-32(41)42-33(2,3)4/h5-7,9-12,15-16,19-20,26-27,29H,8,13-14,17-18H2,1-4H3,(H2,34,38)(H,35,39)(H,36,41). The highest BCUT2D eigenvalue weighted by molar-refractivity contribution is 6.00. The van der Waals surface area contributed by atoms with Gasteiger partial charge in [0.25, 0.3) is 5.91 Å². The number of anilines is 1. The Morgan fingerprint density at radius 2 is 1.69 bits per heavy atom. The van der Waals surface area contributed by atoms with Crippen LogP contribution < -0.4 is 16.4 Å². The van der Waals surface area contributed by atoms with Gasteiger partial charge in [0.15, 0.2) is 0 Å². The first kappa shape index (κ1) is 30.6. The molecule has 1 aliphatic carbocycles. The maximum atomic E-state index is 14.3. The molecule has 0 heterocycles. The smallest absolute Gasteiger partial charge is 0.408 e. The summed E-state index contributed by atoms with van der Waals surface area (Å²) in [6.07, 6.45) is 1.41. The van der Waals surface area contributed by atoms with Crippen molar-refractivity contribution in [1.29, 1.82) is 0 Å². The van der Waals surface area contributed by atoms with Gasteiger partial charge in [-0.05, 0) is 81.8 Å². The van der Waals surface area contributed by atoms with Crippen molar-refractivity contribution in [2.24, 2.45) is 5.73 Å². The van der Waals surface area contributed by atoms with Crippen LogP contribution in [-0.4, -0.2) is 46.4 Å². The molecule has 1 saturated carbocycles. The molecule has 2 atom stereocenters. The summed E-state index contributed by atoms with van der Waals surface area (Å²) in [7, 11) is 0. The minimum absolute atomic E-state index is 0.0243. The maximum absolute atomic E-state index is 14.3. The lowest BCUT2D eigenvalue weighted by Crippen LogP contribution is -2.57. The van der Waals surface area contributed by atoms with Gasteiger partial charge in [0, 0.05) is 18.2 Å². The van der Waals surface area contributed by atoms with E-state index in [9.17, 15) is 19.2 Å². The third kappa shape index (κ3) is 7.87. The molecule has 42 heavy (non-hydrogen) atoms. The summed E-state index contributed by atoms with van der Waals surface area (Å²) < 4.78 is 5.41. The van der Waals surface area contributed by atoms with Gasteiger partial charge in [-0.25, -0.2) is 4.79 Å². The summed E-state index contributed by atoms with van der Waals surface area (Å²) in [5, 5.41) is 7.70. The summed E-state index contributed by atoms with van der Waals surface area (Å²) in [5.41, 5.74) is 6.82. The molecular weight excluding hydrogens is 532 g/mol. The molecule has 1 aliphatic rings. The molecule has 9 nitrogen and oxygen atoms in total. The van der Waals surface area contributed by atoms with Gasteiger partial charge in [-0.3, -0.25) is 14.4 Å². The average molecular weight is 573 g/mol. The Hall–Kier alpha value is -4.40. The molecule has 4 N–H and O–H groups in total. The first-order chi connectivity index (χ1) is 19.9. The molecule has 0 saturated heterocycles. The lowest BCUT2D eigenvalue weighted by atomic mass is 9.87. The fourth-order valence-electron chi connectivity index (χ4n) is 5.11. The predicted octanol–water partition coefficient (Wildman–Crippen LogP) is 5.37. The van der Waals surface area contributed by atoms with Crippen LogP contribution in [0.25, 0.3) is 10.8 Å². The number of hydrogen-bond acceptors (Lipinski definition) is 5. The van der Waals surface area contributed by atoms with E-state index in [4.69, 9.17) is 10.5 Å². The molecule has 0 aliphatic heterocycles. The Labute approximate surface area is 246 Å². The summed E-state index contributed by atoms with van der Waals surface area (Å²) >= 11 is 0. The van der Waals surface area contributed by atoms with Gasteiger partial charge < -0.3 is 26.0 Å². The van der Waals surface area contributed by atoms with Crippen molar-refractivity contribution in [1.82, 2.24) is 10.2 Å². The van der Waals surface area contributed by atoms with Crippen molar-refractivity contribution in [2.75, 3.05) is 5.32 Å². The van der Waals surface area contributed by atoms with Crippen LogP contribution in [0.5, 0.6) is 0 Å². The van der Waals surface area contributed by atoms with Gasteiger partial charge in [-0.2, -0.15) is 0 Å².